The first-order chi connectivity index (χ1) is 8.29. The Morgan fingerprint density at radius 2 is 2.00 bits per heavy atom. The molecule has 1 saturated carbocycles. The number of hydrogen-bond acceptors (Lipinski definition) is 2. The number of hydrogen-bond donors (Lipinski definition) is 0. The maximum absolute atomic E-state index is 12.1. The van der Waals surface area contributed by atoms with E-state index >= 15 is 0 Å². The van der Waals surface area contributed by atoms with Crippen molar-refractivity contribution in [3.05, 3.63) is 29.3 Å². The number of aldehydes is 1. The summed E-state index contributed by atoms with van der Waals surface area (Å²) in [5, 5.41) is 0. The minimum atomic E-state index is 0.190. The molecule has 0 spiro atoms. The van der Waals surface area contributed by atoms with Crippen LogP contribution in [0, 0.1) is 0 Å². The Hall–Kier alpha value is -1.64. The van der Waals surface area contributed by atoms with Gasteiger partial charge in [0.1, 0.15) is 6.29 Å². The van der Waals surface area contributed by atoms with Gasteiger partial charge in [0, 0.05) is 17.3 Å². The molecule has 1 fully saturated rings. The zero-order valence-electron chi connectivity index (χ0n) is 9.69. The van der Waals surface area contributed by atoms with Gasteiger partial charge in [0.2, 0.25) is 5.91 Å². The topological polar surface area (TPSA) is 37.4 Å². The summed E-state index contributed by atoms with van der Waals surface area (Å²) in [4.78, 5) is 24.7. The SMILES string of the molecule is O=Cc1ccc2c(c1)CC(=O)N2C1CCCC1. The maximum atomic E-state index is 12.1. The van der Waals surface area contributed by atoms with E-state index in [1.54, 1.807) is 6.07 Å². The normalized spacial score (nSPS) is 19.8. The molecular formula is C14H15NO2. The van der Waals surface area contributed by atoms with Crippen molar-refractivity contribution in [2.45, 2.75) is 38.1 Å². The van der Waals surface area contributed by atoms with Crippen LogP contribution in [0.2, 0.25) is 0 Å². The number of amides is 1. The smallest absolute Gasteiger partial charge is 0.231 e. The lowest BCUT2D eigenvalue weighted by molar-refractivity contribution is -0.117. The Bertz CT molecular complexity index is 475. The molecule has 0 radical (unpaired) electrons. The Balaban J connectivity index is 1.98. The van der Waals surface area contributed by atoms with Crippen molar-refractivity contribution in [3.8, 4) is 0 Å². The van der Waals surface area contributed by atoms with E-state index in [4.69, 9.17) is 0 Å². The lowest BCUT2D eigenvalue weighted by Gasteiger charge is -2.24. The predicted molar refractivity (Wildman–Crippen MR) is 65.3 cm³/mol. The number of carbonyl (C=O) groups excluding carboxylic acids is 2. The number of carbonyl (C=O) groups is 2. The van der Waals surface area contributed by atoms with E-state index < -0.39 is 0 Å². The van der Waals surface area contributed by atoms with Crippen molar-refractivity contribution < 1.29 is 9.59 Å². The molecule has 2 aliphatic rings. The Morgan fingerprint density at radius 1 is 1.24 bits per heavy atom. The van der Waals surface area contributed by atoms with E-state index in [0.29, 0.717) is 18.0 Å². The van der Waals surface area contributed by atoms with E-state index in [2.05, 4.69) is 0 Å². The third-order valence-corrected chi connectivity index (χ3v) is 3.80. The number of rotatable bonds is 2. The minimum Gasteiger partial charge on any atom is -0.309 e. The van der Waals surface area contributed by atoms with Crippen LogP contribution in [-0.4, -0.2) is 18.2 Å². The zero-order valence-corrected chi connectivity index (χ0v) is 9.69. The highest BCUT2D eigenvalue weighted by Gasteiger charge is 2.34. The van der Waals surface area contributed by atoms with Crippen LogP contribution in [-0.2, 0) is 11.2 Å². The van der Waals surface area contributed by atoms with Crippen LogP contribution in [0.4, 0.5) is 5.69 Å². The first-order valence-corrected chi connectivity index (χ1v) is 6.20. The molecule has 1 heterocycles. The van der Waals surface area contributed by atoms with Crippen LogP contribution >= 0.6 is 0 Å². The second kappa shape index (κ2) is 3.99. The van der Waals surface area contributed by atoms with Gasteiger partial charge >= 0.3 is 0 Å². The van der Waals surface area contributed by atoms with Gasteiger partial charge in [0.05, 0.1) is 6.42 Å². The fourth-order valence-electron chi connectivity index (χ4n) is 3.00. The fourth-order valence-corrected chi connectivity index (χ4v) is 3.00. The van der Waals surface area contributed by atoms with Crippen molar-refractivity contribution in [1.29, 1.82) is 0 Å². The van der Waals surface area contributed by atoms with Crippen LogP contribution in [0.15, 0.2) is 18.2 Å². The lowest BCUT2D eigenvalue weighted by atomic mass is 10.1. The molecule has 0 atom stereocenters. The molecule has 1 aliphatic heterocycles. The van der Waals surface area contributed by atoms with E-state index in [0.717, 1.165) is 30.4 Å². The zero-order chi connectivity index (χ0) is 11.8. The molecule has 3 rings (SSSR count). The Labute approximate surface area is 100 Å². The van der Waals surface area contributed by atoms with Crippen molar-refractivity contribution in [2.75, 3.05) is 4.90 Å². The molecule has 0 saturated heterocycles. The standard InChI is InChI=1S/C14H15NO2/c16-9-10-5-6-13-11(7-10)8-14(17)15(13)12-3-1-2-4-12/h5-7,9,12H,1-4,8H2. The average molecular weight is 229 g/mol. The second-order valence-electron chi connectivity index (χ2n) is 4.88. The highest BCUT2D eigenvalue weighted by atomic mass is 16.2. The van der Waals surface area contributed by atoms with Gasteiger partial charge in [-0.25, -0.2) is 0 Å². The van der Waals surface area contributed by atoms with E-state index in [1.165, 1.54) is 12.8 Å². The summed E-state index contributed by atoms with van der Waals surface area (Å²) in [5.74, 6) is 0.190. The van der Waals surface area contributed by atoms with Gasteiger partial charge in [-0.2, -0.15) is 0 Å². The van der Waals surface area contributed by atoms with Crippen LogP contribution in [0.5, 0.6) is 0 Å². The first-order valence-electron chi connectivity index (χ1n) is 6.20. The summed E-state index contributed by atoms with van der Waals surface area (Å²) in [5.41, 5.74) is 2.68. The van der Waals surface area contributed by atoms with Gasteiger partial charge in [-0.1, -0.05) is 12.8 Å². The molecule has 17 heavy (non-hydrogen) atoms. The van der Waals surface area contributed by atoms with E-state index in [9.17, 15) is 9.59 Å². The van der Waals surface area contributed by atoms with E-state index in [1.807, 2.05) is 17.0 Å². The molecule has 3 nitrogen and oxygen atoms in total. The second-order valence-corrected chi connectivity index (χ2v) is 4.88. The summed E-state index contributed by atoms with van der Waals surface area (Å²) in [6.45, 7) is 0. The first kappa shape index (κ1) is 10.5. The lowest BCUT2D eigenvalue weighted by Crippen LogP contribution is -2.35. The summed E-state index contributed by atoms with van der Waals surface area (Å²) in [6, 6.07) is 5.94. The highest BCUT2D eigenvalue weighted by molar-refractivity contribution is 6.02. The average Bonchev–Trinajstić information content (AvgIpc) is 2.93. The van der Waals surface area contributed by atoms with Crippen LogP contribution in [0.3, 0.4) is 0 Å². The number of nitrogens with zero attached hydrogens (tertiary/aromatic N) is 1. The van der Waals surface area contributed by atoms with Gasteiger partial charge in [-0.3, -0.25) is 9.59 Å². The van der Waals surface area contributed by atoms with Gasteiger partial charge < -0.3 is 4.90 Å². The van der Waals surface area contributed by atoms with Crippen LogP contribution in [0.25, 0.3) is 0 Å². The van der Waals surface area contributed by atoms with Crippen LogP contribution in [0.1, 0.15) is 41.6 Å². The molecule has 88 valence electrons. The third kappa shape index (κ3) is 1.66. The van der Waals surface area contributed by atoms with Gasteiger partial charge in [0.25, 0.3) is 0 Å². The van der Waals surface area contributed by atoms with Crippen molar-refractivity contribution >= 4 is 17.9 Å². The van der Waals surface area contributed by atoms with Crippen molar-refractivity contribution in [3.63, 3.8) is 0 Å². The Kier molecular flexibility index (Phi) is 2.46. The van der Waals surface area contributed by atoms with Crippen molar-refractivity contribution in [2.24, 2.45) is 0 Å². The van der Waals surface area contributed by atoms with E-state index in [-0.39, 0.29) is 5.91 Å². The van der Waals surface area contributed by atoms with Gasteiger partial charge in [-0.05, 0) is 36.6 Å². The summed E-state index contributed by atoms with van der Waals surface area (Å²) in [7, 11) is 0. The molecule has 3 heteroatoms. The monoisotopic (exact) mass is 229 g/mol. The molecule has 0 unspecified atom stereocenters. The quantitative estimate of drug-likeness (QED) is 0.730. The molecule has 0 N–H and O–H groups in total. The third-order valence-electron chi connectivity index (χ3n) is 3.80. The number of anilines is 1. The summed E-state index contributed by atoms with van der Waals surface area (Å²) in [6.07, 6.45) is 5.95. The maximum Gasteiger partial charge on any atom is 0.231 e. The molecular weight excluding hydrogens is 214 g/mol. The van der Waals surface area contributed by atoms with Crippen LogP contribution < -0.4 is 4.90 Å². The van der Waals surface area contributed by atoms with Gasteiger partial charge in [0.15, 0.2) is 0 Å². The number of benzene rings is 1. The largest absolute Gasteiger partial charge is 0.309 e. The molecule has 0 bridgehead atoms. The molecule has 1 aliphatic carbocycles. The summed E-state index contributed by atoms with van der Waals surface area (Å²) < 4.78 is 0. The minimum absolute atomic E-state index is 0.190. The fraction of sp³-hybridized carbons (Fsp3) is 0.429. The predicted octanol–water partition coefficient (Wildman–Crippen LogP) is 2.33. The van der Waals surface area contributed by atoms with Crippen molar-refractivity contribution in [1.82, 2.24) is 0 Å². The number of fused-ring (bicyclic) bond motifs is 1. The highest BCUT2D eigenvalue weighted by Crippen LogP contribution is 2.35. The molecule has 0 aromatic heterocycles. The molecule has 1 aromatic carbocycles. The van der Waals surface area contributed by atoms with Gasteiger partial charge in [-0.15, -0.1) is 0 Å². The Morgan fingerprint density at radius 3 is 2.71 bits per heavy atom. The summed E-state index contributed by atoms with van der Waals surface area (Å²) >= 11 is 0. The molecule has 1 amide bonds. The molecule has 1 aromatic rings.